The highest BCUT2D eigenvalue weighted by Crippen LogP contribution is 2.37. The Hall–Kier alpha value is -1.84. The number of hydrogen-bond acceptors (Lipinski definition) is 4. The van der Waals surface area contributed by atoms with E-state index in [1.54, 1.807) is 0 Å². The van der Waals surface area contributed by atoms with E-state index in [9.17, 15) is 0 Å². The van der Waals surface area contributed by atoms with Crippen LogP contribution in [0.15, 0.2) is 24.3 Å². The second-order valence-corrected chi connectivity index (χ2v) is 6.09. The fourth-order valence-electron chi connectivity index (χ4n) is 3.13. The molecule has 1 aromatic carbocycles. The van der Waals surface area contributed by atoms with Crippen LogP contribution >= 0.6 is 0 Å². The fraction of sp³-hybridized carbons (Fsp3) is 0.556. The topological polar surface area (TPSA) is 32.3 Å². The molecule has 0 saturated carbocycles. The number of rotatable bonds is 6. The summed E-state index contributed by atoms with van der Waals surface area (Å²) >= 11 is 0. The quantitative estimate of drug-likeness (QED) is 0.800. The number of fused-ring (bicyclic) bond motifs is 2. The zero-order valence-corrected chi connectivity index (χ0v) is 13.9. The molecule has 0 fully saturated rings. The van der Waals surface area contributed by atoms with Gasteiger partial charge in [-0.1, -0.05) is 38.8 Å². The van der Waals surface area contributed by atoms with E-state index in [1.165, 1.54) is 25.7 Å². The van der Waals surface area contributed by atoms with Gasteiger partial charge < -0.3 is 9.80 Å². The highest BCUT2D eigenvalue weighted by Gasteiger charge is 2.34. The van der Waals surface area contributed by atoms with Crippen LogP contribution in [0.4, 0.5) is 11.6 Å². The average molecular weight is 298 g/mol. The van der Waals surface area contributed by atoms with Crippen LogP contribution in [0, 0.1) is 0 Å². The summed E-state index contributed by atoms with van der Waals surface area (Å²) in [5.74, 6) is 2.13. The summed E-state index contributed by atoms with van der Waals surface area (Å²) < 4.78 is 0. The monoisotopic (exact) mass is 298 g/mol. The maximum Gasteiger partial charge on any atom is 0.174 e. The van der Waals surface area contributed by atoms with Crippen LogP contribution in [0.2, 0.25) is 0 Å². The molecule has 0 saturated heterocycles. The largest absolute Gasteiger partial charge is 0.333 e. The molecule has 4 heteroatoms. The second kappa shape index (κ2) is 6.51. The molecule has 118 valence electrons. The minimum Gasteiger partial charge on any atom is -0.333 e. The van der Waals surface area contributed by atoms with Crippen molar-refractivity contribution in [3.05, 3.63) is 24.3 Å². The molecule has 0 atom stereocenters. The van der Waals surface area contributed by atoms with E-state index in [2.05, 4.69) is 42.7 Å². The Bertz CT molecular complexity index is 586. The molecule has 0 N–H and O–H groups in total. The third-order valence-corrected chi connectivity index (χ3v) is 4.49. The van der Waals surface area contributed by atoms with Crippen LogP contribution in [-0.4, -0.2) is 29.2 Å². The average Bonchev–Trinajstić information content (AvgIpc) is 2.79. The second-order valence-electron chi connectivity index (χ2n) is 6.09. The van der Waals surface area contributed by atoms with Crippen molar-refractivity contribution in [1.82, 2.24) is 9.97 Å². The SMILES string of the molecule is CCCCN1c2nc3ccccc3nc2N(CCCC)C1C. The molecule has 1 aliphatic heterocycles. The lowest BCUT2D eigenvalue weighted by Gasteiger charge is -2.29. The van der Waals surface area contributed by atoms with Crippen LogP contribution in [0.5, 0.6) is 0 Å². The van der Waals surface area contributed by atoms with Gasteiger partial charge in [-0.15, -0.1) is 0 Å². The summed E-state index contributed by atoms with van der Waals surface area (Å²) in [4.78, 5) is 14.7. The van der Waals surface area contributed by atoms with Crippen LogP contribution in [0.1, 0.15) is 46.5 Å². The molecule has 0 radical (unpaired) electrons. The Morgan fingerprint density at radius 3 is 1.73 bits per heavy atom. The van der Waals surface area contributed by atoms with E-state index in [0.717, 1.165) is 35.8 Å². The molecule has 1 aromatic heterocycles. The molecule has 2 aromatic rings. The molecule has 0 aliphatic carbocycles. The lowest BCUT2D eigenvalue weighted by molar-refractivity contribution is 0.584. The number of unbranched alkanes of at least 4 members (excludes halogenated alkanes) is 2. The molecule has 0 spiro atoms. The molecule has 2 heterocycles. The predicted molar refractivity (Wildman–Crippen MR) is 93.5 cm³/mol. The van der Waals surface area contributed by atoms with Gasteiger partial charge in [0.1, 0.15) is 6.17 Å². The first-order chi connectivity index (χ1) is 10.8. The third kappa shape index (κ3) is 2.62. The van der Waals surface area contributed by atoms with Gasteiger partial charge in [-0.25, -0.2) is 9.97 Å². The number of aromatic nitrogens is 2. The van der Waals surface area contributed by atoms with Gasteiger partial charge in [-0.05, 0) is 31.9 Å². The van der Waals surface area contributed by atoms with Gasteiger partial charge >= 0.3 is 0 Å². The van der Waals surface area contributed by atoms with Crippen molar-refractivity contribution in [2.45, 2.75) is 52.6 Å². The van der Waals surface area contributed by atoms with Gasteiger partial charge in [0.2, 0.25) is 0 Å². The number of nitrogens with zero attached hydrogens (tertiary/aromatic N) is 4. The van der Waals surface area contributed by atoms with Crippen molar-refractivity contribution < 1.29 is 0 Å². The van der Waals surface area contributed by atoms with E-state index >= 15 is 0 Å². The number of benzene rings is 1. The summed E-state index contributed by atoms with van der Waals surface area (Å²) in [5.41, 5.74) is 1.99. The van der Waals surface area contributed by atoms with Crippen molar-refractivity contribution in [2.75, 3.05) is 22.9 Å². The van der Waals surface area contributed by atoms with E-state index < -0.39 is 0 Å². The maximum atomic E-state index is 4.92. The van der Waals surface area contributed by atoms with Gasteiger partial charge in [0, 0.05) is 13.1 Å². The molecule has 0 bridgehead atoms. The number of hydrogen-bond donors (Lipinski definition) is 0. The van der Waals surface area contributed by atoms with E-state index in [1.807, 2.05) is 12.1 Å². The minimum absolute atomic E-state index is 0.352. The van der Waals surface area contributed by atoms with Crippen LogP contribution in [0.3, 0.4) is 0 Å². The standard InChI is InChI=1S/C18H26N4/c1-4-6-12-21-14(3)22(13-7-5-2)18-17(21)19-15-10-8-9-11-16(15)20-18/h8-11,14H,4-7,12-13H2,1-3H3. The Morgan fingerprint density at radius 1 is 0.864 bits per heavy atom. The van der Waals surface area contributed by atoms with Crippen LogP contribution in [-0.2, 0) is 0 Å². The van der Waals surface area contributed by atoms with Crippen molar-refractivity contribution in [2.24, 2.45) is 0 Å². The van der Waals surface area contributed by atoms with Crippen molar-refractivity contribution in [3.8, 4) is 0 Å². The maximum absolute atomic E-state index is 4.92. The smallest absolute Gasteiger partial charge is 0.174 e. The first kappa shape index (κ1) is 15.1. The molecule has 1 aliphatic rings. The zero-order chi connectivity index (χ0) is 15.5. The summed E-state index contributed by atoms with van der Waals surface area (Å²) in [7, 11) is 0. The van der Waals surface area contributed by atoms with Gasteiger partial charge in [-0.3, -0.25) is 0 Å². The Morgan fingerprint density at radius 2 is 1.32 bits per heavy atom. The van der Waals surface area contributed by atoms with Gasteiger partial charge in [-0.2, -0.15) is 0 Å². The molecule has 3 rings (SSSR count). The van der Waals surface area contributed by atoms with Gasteiger partial charge in [0.15, 0.2) is 11.6 Å². The highest BCUT2D eigenvalue weighted by atomic mass is 15.5. The summed E-state index contributed by atoms with van der Waals surface area (Å²) in [6.45, 7) is 8.87. The van der Waals surface area contributed by atoms with Crippen molar-refractivity contribution >= 4 is 22.7 Å². The summed E-state index contributed by atoms with van der Waals surface area (Å²) in [5, 5.41) is 0. The Labute approximate surface area is 133 Å². The number of para-hydroxylation sites is 2. The molecular weight excluding hydrogens is 272 g/mol. The molecule has 0 unspecified atom stereocenters. The fourth-order valence-corrected chi connectivity index (χ4v) is 3.13. The first-order valence-electron chi connectivity index (χ1n) is 8.56. The van der Waals surface area contributed by atoms with E-state index in [0.29, 0.717) is 6.17 Å². The molecular formula is C18H26N4. The lowest BCUT2D eigenvalue weighted by Crippen LogP contribution is -2.42. The zero-order valence-electron chi connectivity index (χ0n) is 13.9. The third-order valence-electron chi connectivity index (χ3n) is 4.49. The Balaban J connectivity index is 2.02. The van der Waals surface area contributed by atoms with Crippen molar-refractivity contribution in [1.29, 1.82) is 0 Å². The van der Waals surface area contributed by atoms with Gasteiger partial charge in [0.25, 0.3) is 0 Å². The highest BCUT2D eigenvalue weighted by molar-refractivity contribution is 5.83. The Kier molecular flexibility index (Phi) is 4.46. The minimum atomic E-state index is 0.352. The van der Waals surface area contributed by atoms with E-state index in [4.69, 9.17) is 9.97 Å². The predicted octanol–water partition coefficient (Wildman–Crippen LogP) is 4.20. The summed E-state index contributed by atoms with van der Waals surface area (Å²) in [6.07, 6.45) is 5.15. The van der Waals surface area contributed by atoms with Crippen LogP contribution in [0.25, 0.3) is 11.0 Å². The van der Waals surface area contributed by atoms with Crippen LogP contribution < -0.4 is 9.80 Å². The molecule has 22 heavy (non-hydrogen) atoms. The first-order valence-corrected chi connectivity index (χ1v) is 8.56. The van der Waals surface area contributed by atoms with Crippen molar-refractivity contribution in [3.63, 3.8) is 0 Å². The molecule has 4 nitrogen and oxygen atoms in total. The van der Waals surface area contributed by atoms with E-state index in [-0.39, 0.29) is 0 Å². The number of anilines is 2. The van der Waals surface area contributed by atoms with Gasteiger partial charge in [0.05, 0.1) is 11.0 Å². The normalized spacial score (nSPS) is 14.9. The lowest BCUT2D eigenvalue weighted by atomic mass is 10.3. The summed E-state index contributed by atoms with van der Waals surface area (Å²) in [6, 6.07) is 8.18. The molecule has 0 amide bonds.